The quantitative estimate of drug-likeness (QED) is 0.791. The number of para-hydroxylation sites is 1. The predicted molar refractivity (Wildman–Crippen MR) is 75.1 cm³/mol. The molecule has 1 aromatic heterocycles. The summed E-state index contributed by atoms with van der Waals surface area (Å²) in [6.07, 6.45) is 1.71. The van der Waals surface area contributed by atoms with E-state index < -0.39 is 0 Å². The molecule has 3 rings (SSSR count). The van der Waals surface area contributed by atoms with Crippen molar-refractivity contribution >= 4 is 5.69 Å². The van der Waals surface area contributed by atoms with Crippen molar-refractivity contribution in [1.29, 1.82) is 0 Å². The number of hydrogen-bond acceptors (Lipinski definition) is 3. The second-order valence-electron chi connectivity index (χ2n) is 4.32. The van der Waals surface area contributed by atoms with Crippen LogP contribution in [-0.2, 0) is 6.54 Å². The van der Waals surface area contributed by atoms with Gasteiger partial charge in [0.05, 0.1) is 18.4 Å². The molecular formula is C15H13FN4. The average molecular weight is 268 g/mol. The van der Waals surface area contributed by atoms with Crippen molar-refractivity contribution in [1.82, 2.24) is 15.0 Å². The summed E-state index contributed by atoms with van der Waals surface area (Å²) in [6.45, 7) is 0.540. The van der Waals surface area contributed by atoms with Crippen LogP contribution in [0.4, 0.5) is 10.1 Å². The first-order chi connectivity index (χ1) is 9.81. The van der Waals surface area contributed by atoms with Crippen LogP contribution in [0.1, 0.15) is 5.69 Å². The van der Waals surface area contributed by atoms with Crippen molar-refractivity contribution in [3.8, 4) is 5.69 Å². The van der Waals surface area contributed by atoms with Gasteiger partial charge in [0.2, 0.25) is 0 Å². The minimum Gasteiger partial charge on any atom is -0.379 e. The lowest BCUT2D eigenvalue weighted by Crippen LogP contribution is -2.02. The summed E-state index contributed by atoms with van der Waals surface area (Å²) < 4.78 is 12.8. The number of benzene rings is 2. The Morgan fingerprint density at radius 1 is 1.00 bits per heavy atom. The van der Waals surface area contributed by atoms with Crippen LogP contribution in [0, 0.1) is 5.82 Å². The number of aromatic nitrogens is 3. The fraction of sp³-hybridized carbons (Fsp3) is 0.0667. The van der Waals surface area contributed by atoms with E-state index in [1.54, 1.807) is 23.1 Å². The largest absolute Gasteiger partial charge is 0.379 e. The Morgan fingerprint density at radius 2 is 1.75 bits per heavy atom. The van der Waals surface area contributed by atoms with Crippen LogP contribution in [0.15, 0.2) is 60.8 Å². The summed E-state index contributed by atoms with van der Waals surface area (Å²) in [5.74, 6) is -0.245. The van der Waals surface area contributed by atoms with Crippen molar-refractivity contribution in [2.75, 3.05) is 5.32 Å². The maximum atomic E-state index is 12.8. The van der Waals surface area contributed by atoms with Gasteiger partial charge in [0, 0.05) is 5.69 Å². The zero-order valence-electron chi connectivity index (χ0n) is 10.7. The highest BCUT2D eigenvalue weighted by Gasteiger charge is 2.02. The van der Waals surface area contributed by atoms with Crippen LogP contribution in [0.3, 0.4) is 0 Å². The molecule has 0 saturated heterocycles. The molecule has 4 nitrogen and oxygen atoms in total. The monoisotopic (exact) mass is 268 g/mol. The zero-order chi connectivity index (χ0) is 13.8. The molecule has 3 aromatic rings. The number of anilines is 1. The highest BCUT2D eigenvalue weighted by atomic mass is 19.1. The van der Waals surface area contributed by atoms with Crippen LogP contribution in [0.2, 0.25) is 0 Å². The minimum atomic E-state index is -0.245. The number of rotatable bonds is 4. The summed E-state index contributed by atoms with van der Waals surface area (Å²) in [6, 6.07) is 15.9. The molecule has 0 radical (unpaired) electrons. The van der Waals surface area contributed by atoms with E-state index in [9.17, 15) is 4.39 Å². The maximum absolute atomic E-state index is 12.8. The first kappa shape index (κ1) is 12.3. The maximum Gasteiger partial charge on any atom is 0.123 e. The summed E-state index contributed by atoms with van der Waals surface area (Å²) in [7, 11) is 0. The molecule has 0 aliphatic heterocycles. The normalized spacial score (nSPS) is 10.4. The molecule has 0 aliphatic carbocycles. The fourth-order valence-corrected chi connectivity index (χ4v) is 1.82. The van der Waals surface area contributed by atoms with Gasteiger partial charge >= 0.3 is 0 Å². The highest BCUT2D eigenvalue weighted by molar-refractivity contribution is 5.43. The molecular weight excluding hydrogens is 255 g/mol. The third kappa shape index (κ3) is 2.83. The molecule has 2 aromatic carbocycles. The standard InChI is InChI=1S/C15H13FN4/c16-12-6-8-13(9-7-12)17-10-14-11-18-20(19-14)15-4-2-1-3-5-15/h1-9,11,17H,10H2. The van der Waals surface area contributed by atoms with E-state index in [0.29, 0.717) is 6.54 Å². The highest BCUT2D eigenvalue weighted by Crippen LogP contribution is 2.10. The lowest BCUT2D eigenvalue weighted by molar-refractivity contribution is 0.628. The van der Waals surface area contributed by atoms with Gasteiger partial charge < -0.3 is 5.32 Å². The number of nitrogens with one attached hydrogen (secondary N) is 1. The number of hydrogen-bond donors (Lipinski definition) is 1. The Hall–Kier alpha value is -2.69. The zero-order valence-corrected chi connectivity index (χ0v) is 10.7. The van der Waals surface area contributed by atoms with E-state index >= 15 is 0 Å². The Balaban J connectivity index is 1.67. The Kier molecular flexibility index (Phi) is 3.41. The van der Waals surface area contributed by atoms with E-state index in [1.807, 2.05) is 30.3 Å². The van der Waals surface area contributed by atoms with Gasteiger partial charge in [-0.05, 0) is 36.4 Å². The van der Waals surface area contributed by atoms with E-state index in [-0.39, 0.29) is 5.82 Å². The summed E-state index contributed by atoms with van der Waals surface area (Å²) in [5, 5.41) is 11.8. The van der Waals surface area contributed by atoms with Crippen LogP contribution in [0.5, 0.6) is 0 Å². The predicted octanol–water partition coefficient (Wildman–Crippen LogP) is 3.02. The van der Waals surface area contributed by atoms with Crippen LogP contribution in [0.25, 0.3) is 5.69 Å². The van der Waals surface area contributed by atoms with Crippen LogP contribution >= 0.6 is 0 Å². The van der Waals surface area contributed by atoms with Crippen molar-refractivity contribution in [2.45, 2.75) is 6.54 Å². The lowest BCUT2D eigenvalue weighted by Gasteiger charge is -2.03. The molecule has 0 amide bonds. The van der Waals surface area contributed by atoms with Gasteiger partial charge in [-0.15, -0.1) is 0 Å². The van der Waals surface area contributed by atoms with E-state index in [0.717, 1.165) is 17.1 Å². The smallest absolute Gasteiger partial charge is 0.123 e. The van der Waals surface area contributed by atoms with E-state index in [4.69, 9.17) is 0 Å². The van der Waals surface area contributed by atoms with Gasteiger partial charge in [0.15, 0.2) is 0 Å². The summed E-state index contributed by atoms with van der Waals surface area (Å²) in [5.41, 5.74) is 2.58. The van der Waals surface area contributed by atoms with Gasteiger partial charge in [0.1, 0.15) is 11.5 Å². The van der Waals surface area contributed by atoms with E-state index in [1.165, 1.54) is 12.1 Å². The van der Waals surface area contributed by atoms with Gasteiger partial charge in [0.25, 0.3) is 0 Å². The van der Waals surface area contributed by atoms with Gasteiger partial charge in [-0.1, -0.05) is 18.2 Å². The van der Waals surface area contributed by atoms with Crippen LogP contribution in [-0.4, -0.2) is 15.0 Å². The Morgan fingerprint density at radius 3 is 2.50 bits per heavy atom. The van der Waals surface area contributed by atoms with Crippen LogP contribution < -0.4 is 5.32 Å². The number of nitrogens with zero attached hydrogens (tertiary/aromatic N) is 3. The molecule has 0 atom stereocenters. The Labute approximate surface area is 115 Å². The van der Waals surface area contributed by atoms with Gasteiger partial charge in [-0.3, -0.25) is 0 Å². The average Bonchev–Trinajstić information content (AvgIpc) is 2.97. The lowest BCUT2D eigenvalue weighted by atomic mass is 10.3. The fourth-order valence-electron chi connectivity index (χ4n) is 1.82. The summed E-state index contributed by atoms with van der Waals surface area (Å²) in [4.78, 5) is 1.58. The minimum absolute atomic E-state index is 0.245. The van der Waals surface area contributed by atoms with Gasteiger partial charge in [-0.25, -0.2) is 4.39 Å². The number of halogens is 1. The third-order valence-electron chi connectivity index (χ3n) is 2.84. The third-order valence-corrected chi connectivity index (χ3v) is 2.84. The molecule has 0 bridgehead atoms. The molecule has 100 valence electrons. The van der Waals surface area contributed by atoms with Crippen molar-refractivity contribution in [2.24, 2.45) is 0 Å². The van der Waals surface area contributed by atoms with Crippen molar-refractivity contribution < 1.29 is 4.39 Å². The first-order valence-electron chi connectivity index (χ1n) is 6.27. The second kappa shape index (κ2) is 5.52. The molecule has 5 heteroatoms. The van der Waals surface area contributed by atoms with Crippen molar-refractivity contribution in [3.63, 3.8) is 0 Å². The molecule has 0 saturated carbocycles. The second-order valence-corrected chi connectivity index (χ2v) is 4.32. The molecule has 1 heterocycles. The van der Waals surface area contributed by atoms with Gasteiger partial charge in [-0.2, -0.15) is 15.0 Å². The van der Waals surface area contributed by atoms with Crippen molar-refractivity contribution in [3.05, 3.63) is 72.3 Å². The first-order valence-corrected chi connectivity index (χ1v) is 6.27. The molecule has 1 N–H and O–H groups in total. The Bertz CT molecular complexity index is 677. The molecule has 0 aliphatic rings. The molecule has 0 fully saturated rings. The molecule has 0 spiro atoms. The SMILES string of the molecule is Fc1ccc(NCc2cnn(-c3ccccc3)n2)cc1. The summed E-state index contributed by atoms with van der Waals surface area (Å²) >= 11 is 0. The molecule has 20 heavy (non-hydrogen) atoms. The topological polar surface area (TPSA) is 42.7 Å². The molecule has 0 unspecified atom stereocenters. The van der Waals surface area contributed by atoms with E-state index in [2.05, 4.69) is 15.5 Å².